The Labute approximate surface area is 253 Å². The standard InChI is InChI=1S/C31H36N4O9/c1-34(2)18-10-15(12-33-11-13-5-6-19(36)20(37)7-13)25(38)22-16(18)8-14-9-17-24(35(3)4)27(40)23(30(32)43)29(42)31(17,44)28(41)21(14)26(22)39/h5-7,10,14,17,24,33,36-38,40-41,44H,8-9,11-12H2,1-4H3,(H2,32,43)/t14-,17-,24-,31-/m0/s1. The highest BCUT2D eigenvalue weighted by atomic mass is 16.3. The molecular weight excluding hydrogens is 572 g/mol. The summed E-state index contributed by atoms with van der Waals surface area (Å²) in [5.41, 5.74) is 3.72. The van der Waals surface area contributed by atoms with E-state index in [1.807, 2.05) is 0 Å². The Morgan fingerprint density at radius 1 is 1.02 bits per heavy atom. The number of hydrogen-bond acceptors (Lipinski definition) is 12. The molecule has 0 heterocycles. The Balaban J connectivity index is 1.58. The molecular formula is C31H36N4O9. The second-order valence-electron chi connectivity index (χ2n) is 12.0. The van der Waals surface area contributed by atoms with Crippen LogP contribution in [0.15, 0.2) is 46.9 Å². The van der Waals surface area contributed by atoms with Gasteiger partial charge in [-0.25, -0.2) is 0 Å². The number of hydrogen-bond donors (Lipinski definition) is 8. The molecule has 44 heavy (non-hydrogen) atoms. The summed E-state index contributed by atoms with van der Waals surface area (Å²) >= 11 is 0. The maximum atomic E-state index is 14.1. The van der Waals surface area contributed by atoms with Crippen LogP contribution in [-0.4, -0.2) is 92.8 Å². The van der Waals surface area contributed by atoms with E-state index < -0.39 is 58.0 Å². The molecule has 2 aromatic rings. The molecule has 5 rings (SSSR count). The van der Waals surface area contributed by atoms with Crippen molar-refractivity contribution < 1.29 is 45.0 Å². The van der Waals surface area contributed by atoms with Crippen LogP contribution < -0.4 is 16.0 Å². The van der Waals surface area contributed by atoms with Crippen molar-refractivity contribution in [2.45, 2.75) is 37.6 Å². The third kappa shape index (κ3) is 4.55. The van der Waals surface area contributed by atoms with Crippen LogP contribution in [0.25, 0.3) is 0 Å². The van der Waals surface area contributed by atoms with Crippen molar-refractivity contribution in [1.82, 2.24) is 10.2 Å². The fourth-order valence-corrected chi connectivity index (χ4v) is 6.91. The van der Waals surface area contributed by atoms with Gasteiger partial charge in [-0.2, -0.15) is 0 Å². The molecule has 0 radical (unpaired) electrons. The van der Waals surface area contributed by atoms with E-state index in [9.17, 15) is 45.0 Å². The average Bonchev–Trinajstić information content (AvgIpc) is 2.93. The number of aliphatic hydroxyl groups excluding tert-OH is 2. The summed E-state index contributed by atoms with van der Waals surface area (Å²) in [7, 11) is 6.73. The lowest BCUT2D eigenvalue weighted by atomic mass is 9.58. The minimum Gasteiger partial charge on any atom is -0.510 e. The number of primary amides is 1. The zero-order chi connectivity index (χ0) is 32.4. The minimum absolute atomic E-state index is 0.00216. The first kappa shape index (κ1) is 30.9. The molecule has 2 aromatic carbocycles. The Morgan fingerprint density at radius 2 is 1.70 bits per heavy atom. The molecule has 0 unspecified atom stereocenters. The first-order chi connectivity index (χ1) is 20.6. The van der Waals surface area contributed by atoms with Gasteiger partial charge in [0.25, 0.3) is 5.91 Å². The third-order valence-electron chi connectivity index (χ3n) is 8.94. The number of anilines is 1. The summed E-state index contributed by atoms with van der Waals surface area (Å²) in [6.45, 7) is 0.361. The van der Waals surface area contributed by atoms with E-state index in [0.717, 1.165) is 0 Å². The van der Waals surface area contributed by atoms with Crippen LogP contribution in [-0.2, 0) is 29.1 Å². The Morgan fingerprint density at radius 3 is 2.30 bits per heavy atom. The highest BCUT2D eigenvalue weighted by Crippen LogP contribution is 2.53. The topological polar surface area (TPSA) is 217 Å². The first-order valence-electron chi connectivity index (χ1n) is 14.0. The van der Waals surface area contributed by atoms with Crippen molar-refractivity contribution in [3.05, 3.63) is 69.2 Å². The number of aromatic hydroxyl groups is 3. The normalized spacial score (nSPS) is 24.7. The van der Waals surface area contributed by atoms with Crippen LogP contribution in [0.4, 0.5) is 5.69 Å². The average molecular weight is 609 g/mol. The second kappa shape index (κ2) is 10.8. The molecule has 0 aromatic heterocycles. The van der Waals surface area contributed by atoms with Gasteiger partial charge in [0.1, 0.15) is 22.8 Å². The summed E-state index contributed by atoms with van der Waals surface area (Å²) in [6.07, 6.45) is 0.179. The van der Waals surface area contributed by atoms with Gasteiger partial charge in [-0.1, -0.05) is 6.07 Å². The van der Waals surface area contributed by atoms with E-state index in [2.05, 4.69) is 5.32 Å². The minimum atomic E-state index is -2.71. The van der Waals surface area contributed by atoms with Crippen LogP contribution in [0.5, 0.6) is 17.2 Å². The lowest BCUT2D eigenvalue weighted by molar-refractivity contribution is -0.148. The van der Waals surface area contributed by atoms with Gasteiger partial charge in [0, 0.05) is 49.9 Å². The van der Waals surface area contributed by atoms with E-state index in [0.29, 0.717) is 22.4 Å². The summed E-state index contributed by atoms with van der Waals surface area (Å²) in [5.74, 6) is -7.51. The van der Waals surface area contributed by atoms with Gasteiger partial charge >= 0.3 is 0 Å². The van der Waals surface area contributed by atoms with Crippen molar-refractivity contribution in [2.75, 3.05) is 33.1 Å². The van der Waals surface area contributed by atoms with E-state index in [4.69, 9.17) is 5.73 Å². The number of allylic oxidation sites excluding steroid dienone is 1. The molecule has 3 aliphatic rings. The van der Waals surface area contributed by atoms with Crippen molar-refractivity contribution in [3.63, 3.8) is 0 Å². The number of phenolic OH excluding ortho intramolecular Hbond substituents is 3. The number of nitrogens with one attached hydrogen (secondary N) is 1. The maximum absolute atomic E-state index is 14.1. The molecule has 0 saturated carbocycles. The number of Topliss-reactive ketones (excluding diaryl/α,β-unsaturated/α-hetero) is 2. The van der Waals surface area contributed by atoms with E-state index >= 15 is 0 Å². The van der Waals surface area contributed by atoms with Gasteiger partial charge in [0.2, 0.25) is 5.78 Å². The number of carbonyl (C=O) groups is 3. The number of aliphatic hydroxyl groups is 3. The molecule has 0 spiro atoms. The van der Waals surface area contributed by atoms with Crippen LogP contribution in [0.1, 0.15) is 33.5 Å². The molecule has 13 nitrogen and oxygen atoms in total. The lowest BCUT2D eigenvalue weighted by Gasteiger charge is -2.50. The molecule has 234 valence electrons. The van der Waals surface area contributed by atoms with Gasteiger partial charge in [0.15, 0.2) is 22.9 Å². The smallest absolute Gasteiger partial charge is 0.255 e. The van der Waals surface area contributed by atoms with Crippen LogP contribution in [0.3, 0.4) is 0 Å². The zero-order valence-corrected chi connectivity index (χ0v) is 24.7. The second-order valence-corrected chi connectivity index (χ2v) is 12.0. The molecule has 1 amide bonds. The Hall–Kier alpha value is -4.59. The Kier molecular flexibility index (Phi) is 7.60. The molecule has 0 bridgehead atoms. The number of benzene rings is 2. The number of nitrogens with zero attached hydrogens (tertiary/aromatic N) is 2. The first-order valence-corrected chi connectivity index (χ1v) is 14.0. The van der Waals surface area contributed by atoms with Gasteiger partial charge in [-0.15, -0.1) is 0 Å². The highest BCUT2D eigenvalue weighted by molar-refractivity contribution is 6.25. The van der Waals surface area contributed by atoms with E-state index in [1.54, 1.807) is 45.2 Å². The molecule has 3 aliphatic carbocycles. The number of likely N-dealkylation sites (N-methyl/N-ethyl adjacent to an activating group) is 1. The van der Waals surface area contributed by atoms with Crippen molar-refractivity contribution in [2.24, 2.45) is 17.6 Å². The molecule has 4 atom stereocenters. The number of nitrogens with two attached hydrogens (primary N) is 1. The fraction of sp³-hybridized carbons (Fsp3) is 0.387. The monoisotopic (exact) mass is 608 g/mol. The summed E-state index contributed by atoms with van der Waals surface area (Å²) in [4.78, 5) is 43.1. The molecule has 9 N–H and O–H groups in total. The fourth-order valence-electron chi connectivity index (χ4n) is 6.91. The number of phenols is 3. The number of rotatable bonds is 7. The Bertz CT molecular complexity index is 1660. The van der Waals surface area contributed by atoms with Gasteiger partial charge in [0.05, 0.1) is 11.6 Å². The van der Waals surface area contributed by atoms with Crippen molar-refractivity contribution in [3.8, 4) is 17.2 Å². The van der Waals surface area contributed by atoms with E-state index in [-0.39, 0.29) is 54.3 Å². The molecule has 0 aliphatic heterocycles. The summed E-state index contributed by atoms with van der Waals surface area (Å²) < 4.78 is 0. The molecule has 0 saturated heterocycles. The van der Waals surface area contributed by atoms with E-state index in [1.165, 1.54) is 17.0 Å². The molecule has 13 heteroatoms. The van der Waals surface area contributed by atoms with Crippen molar-refractivity contribution in [1.29, 1.82) is 0 Å². The third-order valence-corrected chi connectivity index (χ3v) is 8.94. The summed E-state index contributed by atoms with van der Waals surface area (Å²) in [5, 5.41) is 68.1. The predicted molar refractivity (Wildman–Crippen MR) is 158 cm³/mol. The van der Waals surface area contributed by atoms with Crippen LogP contribution in [0.2, 0.25) is 0 Å². The number of fused-ring (bicyclic) bond motifs is 3. The van der Waals surface area contributed by atoms with Crippen LogP contribution in [0, 0.1) is 11.8 Å². The summed E-state index contributed by atoms with van der Waals surface area (Å²) in [6, 6.07) is 5.05. The maximum Gasteiger partial charge on any atom is 0.255 e. The quantitative estimate of drug-likeness (QED) is 0.162. The largest absolute Gasteiger partial charge is 0.510 e. The zero-order valence-electron chi connectivity index (χ0n) is 24.7. The SMILES string of the molecule is CN(C)c1cc(CNCc2ccc(O)c(O)c2)c(O)c2c1C[C@H]1C[C@H]3[C@H](N(C)C)C(O)=C(C(N)=O)C(=O)[C@@]3(O)C(O)=C1C2=O. The number of carbonyl (C=O) groups excluding carboxylic acids is 3. The van der Waals surface area contributed by atoms with Gasteiger partial charge in [-0.3, -0.25) is 19.3 Å². The lowest BCUT2D eigenvalue weighted by Crippen LogP contribution is -2.63. The van der Waals surface area contributed by atoms with Gasteiger partial charge < -0.3 is 46.6 Å². The van der Waals surface area contributed by atoms with Gasteiger partial charge in [-0.05, 0) is 62.2 Å². The predicted octanol–water partition coefficient (Wildman–Crippen LogP) is 0.888. The number of amides is 1. The van der Waals surface area contributed by atoms with Crippen LogP contribution >= 0.6 is 0 Å². The number of ketones is 2. The highest BCUT2D eigenvalue weighted by Gasteiger charge is 2.63. The van der Waals surface area contributed by atoms with Crippen molar-refractivity contribution >= 4 is 23.2 Å². The molecule has 0 fully saturated rings.